The molecule has 0 amide bonds. The van der Waals surface area contributed by atoms with Crippen LogP contribution in [0.3, 0.4) is 0 Å². The Bertz CT molecular complexity index is 354. The first kappa shape index (κ1) is 13.6. The van der Waals surface area contributed by atoms with Crippen molar-refractivity contribution in [2.45, 2.75) is 45.7 Å². The Kier molecular flexibility index (Phi) is 5.21. The fraction of sp³-hybridized carbons (Fsp3) is 0.625. The van der Waals surface area contributed by atoms with E-state index in [0.717, 1.165) is 13.0 Å². The number of nitrogens with zero attached hydrogens (tertiary/aromatic N) is 1. The Morgan fingerprint density at radius 2 is 1.78 bits per heavy atom. The molecule has 1 aliphatic heterocycles. The van der Waals surface area contributed by atoms with Gasteiger partial charge in [-0.2, -0.15) is 0 Å². The van der Waals surface area contributed by atoms with Gasteiger partial charge in [0.1, 0.15) is 0 Å². The number of nitrogens with one attached hydrogen (secondary N) is 1. The molecule has 1 N–H and O–H groups in total. The minimum atomic E-state index is 0.706. The van der Waals surface area contributed by atoms with Crippen LogP contribution in [0, 0.1) is 0 Å². The summed E-state index contributed by atoms with van der Waals surface area (Å²) in [5, 5.41) is 3.73. The van der Waals surface area contributed by atoms with Gasteiger partial charge in [-0.15, -0.1) is 0 Å². The molecule has 1 aromatic carbocycles. The molecule has 0 unspecified atom stereocenters. The average molecular weight is 246 g/mol. The fourth-order valence-corrected chi connectivity index (χ4v) is 2.78. The SMILES string of the molecule is CCc1ccccc1CNC1CCN(CC)CC1. The second-order valence-electron chi connectivity index (χ2n) is 5.21. The Balaban J connectivity index is 1.81. The second kappa shape index (κ2) is 6.91. The van der Waals surface area contributed by atoms with Gasteiger partial charge in [-0.3, -0.25) is 0 Å². The molecule has 2 nitrogen and oxygen atoms in total. The number of aryl methyl sites for hydroxylation is 1. The zero-order valence-corrected chi connectivity index (χ0v) is 11.8. The van der Waals surface area contributed by atoms with E-state index in [1.165, 1.54) is 43.6 Å². The lowest BCUT2D eigenvalue weighted by molar-refractivity contribution is 0.206. The molecule has 18 heavy (non-hydrogen) atoms. The number of benzene rings is 1. The normalized spacial score (nSPS) is 18.1. The molecule has 1 aliphatic rings. The predicted molar refractivity (Wildman–Crippen MR) is 77.8 cm³/mol. The zero-order valence-electron chi connectivity index (χ0n) is 11.8. The van der Waals surface area contributed by atoms with E-state index in [-0.39, 0.29) is 0 Å². The molecule has 1 aromatic rings. The highest BCUT2D eigenvalue weighted by atomic mass is 15.1. The summed E-state index contributed by atoms with van der Waals surface area (Å²) in [5.74, 6) is 0. The van der Waals surface area contributed by atoms with Gasteiger partial charge in [0.15, 0.2) is 0 Å². The molecule has 2 heteroatoms. The van der Waals surface area contributed by atoms with Gasteiger partial charge in [-0.1, -0.05) is 38.1 Å². The molecule has 0 radical (unpaired) electrons. The number of hydrogen-bond acceptors (Lipinski definition) is 2. The summed E-state index contributed by atoms with van der Waals surface area (Å²) in [6.45, 7) is 9.23. The van der Waals surface area contributed by atoms with E-state index >= 15 is 0 Å². The minimum absolute atomic E-state index is 0.706. The van der Waals surface area contributed by atoms with Crippen molar-refractivity contribution in [2.75, 3.05) is 19.6 Å². The molecule has 0 aromatic heterocycles. The lowest BCUT2D eigenvalue weighted by Gasteiger charge is -2.31. The van der Waals surface area contributed by atoms with E-state index in [4.69, 9.17) is 0 Å². The lowest BCUT2D eigenvalue weighted by Crippen LogP contribution is -2.42. The molecule has 1 heterocycles. The Hall–Kier alpha value is -0.860. The summed E-state index contributed by atoms with van der Waals surface area (Å²) >= 11 is 0. The van der Waals surface area contributed by atoms with Gasteiger partial charge in [0.25, 0.3) is 0 Å². The second-order valence-corrected chi connectivity index (χ2v) is 5.21. The maximum atomic E-state index is 3.73. The Labute approximate surface area is 111 Å². The smallest absolute Gasteiger partial charge is 0.0210 e. The molecule has 0 atom stereocenters. The van der Waals surface area contributed by atoms with Crippen LogP contribution in [0.25, 0.3) is 0 Å². The van der Waals surface area contributed by atoms with Crippen LogP contribution in [-0.4, -0.2) is 30.6 Å². The van der Waals surface area contributed by atoms with E-state index < -0.39 is 0 Å². The first-order chi connectivity index (χ1) is 8.83. The van der Waals surface area contributed by atoms with E-state index in [0.29, 0.717) is 6.04 Å². The first-order valence-corrected chi connectivity index (χ1v) is 7.36. The van der Waals surface area contributed by atoms with Crippen molar-refractivity contribution in [2.24, 2.45) is 0 Å². The summed E-state index contributed by atoms with van der Waals surface area (Å²) in [6.07, 6.45) is 3.72. The summed E-state index contributed by atoms with van der Waals surface area (Å²) in [6, 6.07) is 9.50. The lowest BCUT2D eigenvalue weighted by atomic mass is 10.0. The highest BCUT2D eigenvalue weighted by Crippen LogP contribution is 2.13. The summed E-state index contributed by atoms with van der Waals surface area (Å²) in [7, 11) is 0. The highest BCUT2D eigenvalue weighted by molar-refractivity contribution is 5.26. The Morgan fingerprint density at radius 3 is 2.39 bits per heavy atom. The quantitative estimate of drug-likeness (QED) is 0.859. The number of hydrogen-bond donors (Lipinski definition) is 1. The topological polar surface area (TPSA) is 15.3 Å². The van der Waals surface area contributed by atoms with E-state index in [1.807, 2.05) is 0 Å². The molecule has 1 saturated heterocycles. The van der Waals surface area contributed by atoms with Crippen molar-refractivity contribution < 1.29 is 0 Å². The van der Waals surface area contributed by atoms with Crippen LogP contribution < -0.4 is 5.32 Å². The highest BCUT2D eigenvalue weighted by Gasteiger charge is 2.17. The third kappa shape index (κ3) is 3.56. The van der Waals surface area contributed by atoms with Crippen molar-refractivity contribution in [3.63, 3.8) is 0 Å². The number of piperidine rings is 1. The van der Waals surface area contributed by atoms with Crippen LogP contribution in [0.15, 0.2) is 24.3 Å². The van der Waals surface area contributed by atoms with E-state index in [1.54, 1.807) is 0 Å². The predicted octanol–water partition coefficient (Wildman–Crippen LogP) is 2.82. The van der Waals surface area contributed by atoms with Gasteiger partial charge in [0.05, 0.1) is 0 Å². The molecule has 100 valence electrons. The molecule has 2 rings (SSSR count). The maximum absolute atomic E-state index is 3.73. The van der Waals surface area contributed by atoms with Crippen molar-refractivity contribution in [1.82, 2.24) is 10.2 Å². The van der Waals surface area contributed by atoms with Gasteiger partial charge in [-0.05, 0) is 50.0 Å². The van der Waals surface area contributed by atoms with E-state index in [9.17, 15) is 0 Å². The van der Waals surface area contributed by atoms with Crippen molar-refractivity contribution in [3.8, 4) is 0 Å². The van der Waals surface area contributed by atoms with Crippen LogP contribution in [0.4, 0.5) is 0 Å². The monoisotopic (exact) mass is 246 g/mol. The fourth-order valence-electron chi connectivity index (χ4n) is 2.78. The molecule has 0 saturated carbocycles. The van der Waals surface area contributed by atoms with Gasteiger partial charge >= 0.3 is 0 Å². The van der Waals surface area contributed by atoms with Crippen molar-refractivity contribution >= 4 is 0 Å². The first-order valence-electron chi connectivity index (χ1n) is 7.36. The summed E-state index contributed by atoms with van der Waals surface area (Å²) in [4.78, 5) is 2.54. The van der Waals surface area contributed by atoms with Crippen LogP contribution in [0.2, 0.25) is 0 Å². The van der Waals surface area contributed by atoms with Gasteiger partial charge < -0.3 is 10.2 Å². The van der Waals surface area contributed by atoms with Crippen LogP contribution >= 0.6 is 0 Å². The zero-order chi connectivity index (χ0) is 12.8. The molecule has 0 spiro atoms. The molecular formula is C16H26N2. The largest absolute Gasteiger partial charge is 0.310 e. The standard InChI is InChI=1S/C16H26N2/c1-3-14-7-5-6-8-15(14)13-17-16-9-11-18(4-2)12-10-16/h5-8,16-17H,3-4,9-13H2,1-2H3. The summed E-state index contributed by atoms with van der Waals surface area (Å²) in [5.41, 5.74) is 2.95. The van der Waals surface area contributed by atoms with Gasteiger partial charge in [0.2, 0.25) is 0 Å². The number of likely N-dealkylation sites (tertiary alicyclic amines) is 1. The van der Waals surface area contributed by atoms with Crippen LogP contribution in [0.1, 0.15) is 37.8 Å². The average Bonchev–Trinajstić information content (AvgIpc) is 2.46. The number of rotatable bonds is 5. The molecule has 1 fully saturated rings. The van der Waals surface area contributed by atoms with E-state index in [2.05, 4.69) is 48.3 Å². The van der Waals surface area contributed by atoms with Gasteiger partial charge in [-0.25, -0.2) is 0 Å². The third-order valence-corrected chi connectivity index (χ3v) is 4.12. The van der Waals surface area contributed by atoms with Crippen molar-refractivity contribution in [3.05, 3.63) is 35.4 Å². The molecular weight excluding hydrogens is 220 g/mol. The van der Waals surface area contributed by atoms with Gasteiger partial charge in [0, 0.05) is 12.6 Å². The Morgan fingerprint density at radius 1 is 1.11 bits per heavy atom. The molecule has 0 bridgehead atoms. The van der Waals surface area contributed by atoms with Crippen molar-refractivity contribution in [1.29, 1.82) is 0 Å². The maximum Gasteiger partial charge on any atom is 0.0210 e. The third-order valence-electron chi connectivity index (χ3n) is 4.12. The minimum Gasteiger partial charge on any atom is -0.310 e. The van der Waals surface area contributed by atoms with Crippen LogP contribution in [-0.2, 0) is 13.0 Å². The van der Waals surface area contributed by atoms with Crippen LogP contribution in [0.5, 0.6) is 0 Å². The molecule has 0 aliphatic carbocycles. The summed E-state index contributed by atoms with van der Waals surface area (Å²) < 4.78 is 0.